The molecule has 0 saturated heterocycles. The summed E-state index contributed by atoms with van der Waals surface area (Å²) in [6, 6.07) is 9.42. The number of para-hydroxylation sites is 1. The molecule has 2 atom stereocenters. The second kappa shape index (κ2) is 4.77. The van der Waals surface area contributed by atoms with E-state index >= 15 is 0 Å². The van der Waals surface area contributed by atoms with E-state index in [1.54, 1.807) is 0 Å². The molecule has 1 aliphatic rings. The predicted molar refractivity (Wildman–Crippen MR) is 76.6 cm³/mol. The standard InChI is InChI=1S/C16H22N2/c1-3-6-12-9-15(12)17-10-13-11-18(2)16-8-5-4-7-14(13)16/h4-5,7-8,11-12,15,17H,3,6,9-10H2,1-2H3. The summed E-state index contributed by atoms with van der Waals surface area (Å²) < 4.78 is 2.22. The fraction of sp³-hybridized carbons (Fsp3) is 0.500. The molecule has 0 aliphatic heterocycles. The summed E-state index contributed by atoms with van der Waals surface area (Å²) in [6.07, 6.45) is 6.33. The van der Waals surface area contributed by atoms with E-state index in [4.69, 9.17) is 0 Å². The van der Waals surface area contributed by atoms with Gasteiger partial charge in [-0.25, -0.2) is 0 Å². The van der Waals surface area contributed by atoms with Crippen molar-refractivity contribution in [3.05, 3.63) is 36.0 Å². The van der Waals surface area contributed by atoms with Crippen molar-refractivity contribution in [1.82, 2.24) is 9.88 Å². The third-order valence-corrected chi connectivity index (χ3v) is 4.12. The second-order valence-corrected chi connectivity index (χ2v) is 5.55. The summed E-state index contributed by atoms with van der Waals surface area (Å²) >= 11 is 0. The predicted octanol–water partition coefficient (Wildman–Crippen LogP) is 3.46. The first-order chi connectivity index (χ1) is 8.79. The Hall–Kier alpha value is -1.28. The van der Waals surface area contributed by atoms with Crippen molar-refractivity contribution in [2.75, 3.05) is 0 Å². The van der Waals surface area contributed by atoms with E-state index in [0.717, 1.165) is 18.5 Å². The van der Waals surface area contributed by atoms with Gasteiger partial charge in [-0.2, -0.15) is 0 Å². The van der Waals surface area contributed by atoms with Gasteiger partial charge < -0.3 is 9.88 Å². The maximum atomic E-state index is 3.70. The molecule has 0 amide bonds. The third-order valence-electron chi connectivity index (χ3n) is 4.12. The average Bonchev–Trinajstić information content (AvgIpc) is 3.05. The average molecular weight is 242 g/mol. The van der Waals surface area contributed by atoms with Crippen molar-refractivity contribution in [3.63, 3.8) is 0 Å². The summed E-state index contributed by atoms with van der Waals surface area (Å²) in [5.74, 6) is 0.935. The van der Waals surface area contributed by atoms with Crippen LogP contribution < -0.4 is 5.32 Å². The van der Waals surface area contributed by atoms with Crippen LogP contribution in [0.5, 0.6) is 0 Å². The lowest BCUT2D eigenvalue weighted by Gasteiger charge is -2.02. The molecule has 1 heterocycles. The molecular weight excluding hydrogens is 220 g/mol. The number of aryl methyl sites for hydroxylation is 1. The first kappa shape index (κ1) is 11.8. The Kier molecular flexibility index (Phi) is 3.13. The van der Waals surface area contributed by atoms with Gasteiger partial charge in [-0.05, 0) is 30.4 Å². The first-order valence-electron chi connectivity index (χ1n) is 7.06. The number of benzene rings is 1. The van der Waals surface area contributed by atoms with Gasteiger partial charge in [-0.1, -0.05) is 31.5 Å². The van der Waals surface area contributed by atoms with Crippen LogP contribution in [0.25, 0.3) is 10.9 Å². The van der Waals surface area contributed by atoms with Crippen molar-refractivity contribution in [2.24, 2.45) is 13.0 Å². The number of rotatable bonds is 5. The highest BCUT2D eigenvalue weighted by Gasteiger charge is 2.35. The van der Waals surface area contributed by atoms with Crippen LogP contribution in [0.3, 0.4) is 0 Å². The molecule has 1 aromatic heterocycles. The lowest BCUT2D eigenvalue weighted by Crippen LogP contribution is -2.17. The molecule has 0 radical (unpaired) electrons. The Morgan fingerprint density at radius 3 is 3.00 bits per heavy atom. The minimum Gasteiger partial charge on any atom is -0.350 e. The van der Waals surface area contributed by atoms with Crippen LogP contribution in [0.2, 0.25) is 0 Å². The molecule has 1 aliphatic carbocycles. The largest absolute Gasteiger partial charge is 0.350 e. The number of nitrogens with one attached hydrogen (secondary N) is 1. The van der Waals surface area contributed by atoms with Gasteiger partial charge in [0.05, 0.1) is 0 Å². The third kappa shape index (κ3) is 2.17. The molecule has 1 saturated carbocycles. The van der Waals surface area contributed by atoms with Crippen LogP contribution in [0.15, 0.2) is 30.5 Å². The minimum atomic E-state index is 0.768. The van der Waals surface area contributed by atoms with E-state index in [1.807, 2.05) is 0 Å². The zero-order chi connectivity index (χ0) is 12.5. The number of hydrogen-bond donors (Lipinski definition) is 1. The van der Waals surface area contributed by atoms with E-state index in [1.165, 1.54) is 35.7 Å². The summed E-state index contributed by atoms with van der Waals surface area (Å²) in [6.45, 7) is 3.28. The first-order valence-corrected chi connectivity index (χ1v) is 7.06. The zero-order valence-corrected chi connectivity index (χ0v) is 11.3. The lowest BCUT2D eigenvalue weighted by molar-refractivity contribution is 0.600. The molecule has 2 nitrogen and oxygen atoms in total. The molecule has 18 heavy (non-hydrogen) atoms. The monoisotopic (exact) mass is 242 g/mol. The summed E-state index contributed by atoms with van der Waals surface area (Å²) in [5, 5.41) is 5.09. The highest BCUT2D eigenvalue weighted by Crippen LogP contribution is 2.35. The number of hydrogen-bond acceptors (Lipinski definition) is 1. The van der Waals surface area contributed by atoms with Gasteiger partial charge in [-0.3, -0.25) is 0 Å². The zero-order valence-electron chi connectivity index (χ0n) is 11.3. The van der Waals surface area contributed by atoms with Crippen molar-refractivity contribution >= 4 is 10.9 Å². The molecule has 0 spiro atoms. The topological polar surface area (TPSA) is 17.0 Å². The Morgan fingerprint density at radius 1 is 1.33 bits per heavy atom. The van der Waals surface area contributed by atoms with Gasteiger partial charge in [0.2, 0.25) is 0 Å². The Morgan fingerprint density at radius 2 is 2.17 bits per heavy atom. The maximum Gasteiger partial charge on any atom is 0.0481 e. The van der Waals surface area contributed by atoms with Crippen LogP contribution in [-0.4, -0.2) is 10.6 Å². The molecule has 2 aromatic rings. The molecular formula is C16H22N2. The molecule has 1 N–H and O–H groups in total. The Bertz CT molecular complexity index is 541. The molecule has 1 fully saturated rings. The summed E-state index contributed by atoms with van der Waals surface area (Å²) in [7, 11) is 2.13. The van der Waals surface area contributed by atoms with E-state index in [9.17, 15) is 0 Å². The molecule has 0 bridgehead atoms. The van der Waals surface area contributed by atoms with Crippen LogP contribution in [0.1, 0.15) is 31.7 Å². The van der Waals surface area contributed by atoms with Gasteiger partial charge in [0, 0.05) is 36.7 Å². The lowest BCUT2D eigenvalue weighted by atomic mass is 10.2. The molecule has 3 rings (SSSR count). The van der Waals surface area contributed by atoms with Gasteiger partial charge in [0.15, 0.2) is 0 Å². The summed E-state index contributed by atoms with van der Waals surface area (Å²) in [5.41, 5.74) is 2.76. The fourth-order valence-corrected chi connectivity index (χ4v) is 2.99. The normalized spacial score (nSPS) is 22.6. The number of nitrogens with zero attached hydrogens (tertiary/aromatic N) is 1. The van der Waals surface area contributed by atoms with Crippen LogP contribution in [0.4, 0.5) is 0 Å². The number of fused-ring (bicyclic) bond motifs is 1. The maximum absolute atomic E-state index is 3.70. The molecule has 2 heteroatoms. The number of aromatic nitrogens is 1. The molecule has 2 unspecified atom stereocenters. The molecule has 1 aromatic carbocycles. The van der Waals surface area contributed by atoms with Crippen LogP contribution >= 0.6 is 0 Å². The minimum absolute atomic E-state index is 0.768. The fourth-order valence-electron chi connectivity index (χ4n) is 2.99. The van der Waals surface area contributed by atoms with Gasteiger partial charge in [0.1, 0.15) is 0 Å². The van der Waals surface area contributed by atoms with E-state index in [2.05, 4.69) is 54.3 Å². The van der Waals surface area contributed by atoms with Crippen molar-refractivity contribution in [3.8, 4) is 0 Å². The van der Waals surface area contributed by atoms with Crippen molar-refractivity contribution in [2.45, 2.75) is 38.8 Å². The van der Waals surface area contributed by atoms with Gasteiger partial charge in [-0.15, -0.1) is 0 Å². The van der Waals surface area contributed by atoms with E-state index in [0.29, 0.717) is 0 Å². The second-order valence-electron chi connectivity index (χ2n) is 5.55. The highest BCUT2D eigenvalue weighted by molar-refractivity contribution is 5.83. The summed E-state index contributed by atoms with van der Waals surface area (Å²) in [4.78, 5) is 0. The Labute approximate surface area is 109 Å². The smallest absolute Gasteiger partial charge is 0.0481 e. The Balaban J connectivity index is 1.68. The quantitative estimate of drug-likeness (QED) is 0.849. The van der Waals surface area contributed by atoms with Gasteiger partial charge >= 0.3 is 0 Å². The van der Waals surface area contributed by atoms with Crippen LogP contribution in [-0.2, 0) is 13.6 Å². The molecule has 96 valence electrons. The van der Waals surface area contributed by atoms with E-state index in [-0.39, 0.29) is 0 Å². The van der Waals surface area contributed by atoms with Crippen molar-refractivity contribution < 1.29 is 0 Å². The van der Waals surface area contributed by atoms with Crippen molar-refractivity contribution in [1.29, 1.82) is 0 Å². The van der Waals surface area contributed by atoms with Crippen LogP contribution in [0, 0.1) is 5.92 Å². The van der Waals surface area contributed by atoms with Gasteiger partial charge in [0.25, 0.3) is 0 Å². The van der Waals surface area contributed by atoms with E-state index < -0.39 is 0 Å². The SMILES string of the molecule is CCCC1CC1NCc1cn(C)c2ccccc12. The highest BCUT2D eigenvalue weighted by atomic mass is 15.0.